The third-order valence-electron chi connectivity index (χ3n) is 4.97. The van der Waals surface area contributed by atoms with E-state index < -0.39 is 10.0 Å². The fourth-order valence-electron chi connectivity index (χ4n) is 3.25. The highest BCUT2D eigenvalue weighted by atomic mass is 35.5. The van der Waals surface area contributed by atoms with Crippen molar-refractivity contribution in [3.8, 4) is 0 Å². The molecule has 0 radical (unpaired) electrons. The Labute approximate surface area is 154 Å². The van der Waals surface area contributed by atoms with Crippen LogP contribution in [0.3, 0.4) is 0 Å². The van der Waals surface area contributed by atoms with Crippen LogP contribution in [0.1, 0.15) is 24.8 Å². The van der Waals surface area contributed by atoms with Crippen molar-refractivity contribution in [2.45, 2.75) is 24.7 Å². The summed E-state index contributed by atoms with van der Waals surface area (Å²) in [7, 11) is -1.31. The molecule has 3 rings (SSSR count). The molecule has 0 bridgehead atoms. The molecule has 1 aromatic carbocycles. The van der Waals surface area contributed by atoms with Crippen LogP contribution in [0.4, 0.5) is 0 Å². The first-order chi connectivity index (χ1) is 12.0. The summed E-state index contributed by atoms with van der Waals surface area (Å²) in [6.07, 6.45) is 2.98. The standard InChI is InChI=1S/C17H25ClN4O2S/c1-19-16(20-8-10-22-9-3-11-25(22,23)24)21-13-17(6-7-17)14-4-2-5-15(18)12-14/h2,4-5,12H,3,6-11,13H2,1H3,(H2,19,20,21). The van der Waals surface area contributed by atoms with Crippen LogP contribution < -0.4 is 10.6 Å². The van der Waals surface area contributed by atoms with Gasteiger partial charge >= 0.3 is 0 Å². The molecule has 0 aromatic heterocycles. The average Bonchev–Trinajstić information content (AvgIpc) is 3.30. The van der Waals surface area contributed by atoms with Crippen LogP contribution in [0.25, 0.3) is 0 Å². The SMILES string of the molecule is CN=C(NCCN1CCCS1(=O)=O)NCC1(c2cccc(Cl)c2)CC1. The molecule has 2 aliphatic rings. The van der Waals surface area contributed by atoms with E-state index in [2.05, 4.69) is 21.7 Å². The third-order valence-corrected chi connectivity index (χ3v) is 7.16. The van der Waals surface area contributed by atoms with Gasteiger partial charge in [0.25, 0.3) is 0 Å². The van der Waals surface area contributed by atoms with E-state index in [1.807, 2.05) is 18.2 Å². The van der Waals surface area contributed by atoms with E-state index in [1.54, 1.807) is 11.4 Å². The summed E-state index contributed by atoms with van der Waals surface area (Å²) in [6.45, 7) is 2.43. The Hall–Kier alpha value is -1.31. The van der Waals surface area contributed by atoms with E-state index in [1.165, 1.54) is 5.56 Å². The van der Waals surface area contributed by atoms with Gasteiger partial charge in [-0.25, -0.2) is 12.7 Å². The minimum atomic E-state index is -3.04. The molecule has 0 spiro atoms. The lowest BCUT2D eigenvalue weighted by atomic mass is 9.96. The predicted octanol–water partition coefficient (Wildman–Crippen LogP) is 1.57. The van der Waals surface area contributed by atoms with Crippen molar-refractivity contribution in [2.75, 3.05) is 39.0 Å². The molecule has 1 heterocycles. The maximum Gasteiger partial charge on any atom is 0.214 e. The van der Waals surface area contributed by atoms with E-state index in [0.717, 1.165) is 30.8 Å². The summed E-state index contributed by atoms with van der Waals surface area (Å²) in [5.74, 6) is 0.965. The number of hydrogen-bond acceptors (Lipinski definition) is 3. The molecule has 6 nitrogen and oxygen atoms in total. The first-order valence-corrected chi connectivity index (χ1v) is 10.6. The lowest BCUT2D eigenvalue weighted by molar-refractivity contribution is 0.444. The van der Waals surface area contributed by atoms with Gasteiger partial charge in [0, 0.05) is 43.7 Å². The zero-order chi connectivity index (χ0) is 17.9. The summed E-state index contributed by atoms with van der Waals surface area (Å²) in [5, 5.41) is 7.33. The molecule has 1 aliphatic carbocycles. The van der Waals surface area contributed by atoms with Crippen LogP contribution in [0.15, 0.2) is 29.3 Å². The Kier molecular flexibility index (Phi) is 5.55. The molecule has 138 valence electrons. The largest absolute Gasteiger partial charge is 0.356 e. The number of nitrogens with one attached hydrogen (secondary N) is 2. The number of guanidine groups is 1. The maximum absolute atomic E-state index is 11.8. The van der Waals surface area contributed by atoms with Crippen molar-refractivity contribution in [3.63, 3.8) is 0 Å². The Morgan fingerprint density at radius 3 is 2.76 bits per heavy atom. The van der Waals surface area contributed by atoms with Gasteiger partial charge in [-0.3, -0.25) is 4.99 Å². The van der Waals surface area contributed by atoms with Gasteiger partial charge in [0.05, 0.1) is 5.75 Å². The molecule has 0 atom stereocenters. The number of nitrogens with zero attached hydrogens (tertiary/aromatic N) is 2. The Balaban J connectivity index is 1.48. The number of hydrogen-bond donors (Lipinski definition) is 2. The zero-order valence-corrected chi connectivity index (χ0v) is 16.0. The van der Waals surface area contributed by atoms with Crippen LogP contribution >= 0.6 is 11.6 Å². The molecule has 2 fully saturated rings. The molecular weight excluding hydrogens is 360 g/mol. The Bertz CT molecular complexity index is 747. The van der Waals surface area contributed by atoms with Gasteiger partial charge in [0.15, 0.2) is 5.96 Å². The summed E-state index contributed by atoms with van der Waals surface area (Å²) in [4.78, 5) is 4.23. The molecule has 1 aliphatic heterocycles. The summed E-state index contributed by atoms with van der Waals surface area (Å²) < 4.78 is 25.1. The summed E-state index contributed by atoms with van der Waals surface area (Å²) in [5.41, 5.74) is 1.38. The van der Waals surface area contributed by atoms with Gasteiger partial charge in [-0.1, -0.05) is 23.7 Å². The minimum Gasteiger partial charge on any atom is -0.356 e. The number of halogens is 1. The smallest absolute Gasteiger partial charge is 0.214 e. The highest BCUT2D eigenvalue weighted by Crippen LogP contribution is 2.48. The highest BCUT2D eigenvalue weighted by Gasteiger charge is 2.44. The van der Waals surface area contributed by atoms with E-state index in [-0.39, 0.29) is 11.2 Å². The van der Waals surface area contributed by atoms with Crippen molar-refractivity contribution < 1.29 is 8.42 Å². The van der Waals surface area contributed by atoms with Crippen LogP contribution in [0.5, 0.6) is 0 Å². The molecule has 1 aromatic rings. The molecule has 1 saturated carbocycles. The van der Waals surface area contributed by atoms with Crippen molar-refractivity contribution in [3.05, 3.63) is 34.9 Å². The van der Waals surface area contributed by atoms with Gasteiger partial charge < -0.3 is 10.6 Å². The van der Waals surface area contributed by atoms with Gasteiger partial charge in [-0.05, 0) is 37.0 Å². The first kappa shape index (κ1) is 18.5. The monoisotopic (exact) mass is 384 g/mol. The number of aliphatic imine (C=N–C) groups is 1. The van der Waals surface area contributed by atoms with E-state index in [9.17, 15) is 8.42 Å². The van der Waals surface area contributed by atoms with Crippen molar-refractivity contribution in [1.82, 2.24) is 14.9 Å². The Morgan fingerprint density at radius 1 is 1.36 bits per heavy atom. The van der Waals surface area contributed by atoms with Crippen molar-refractivity contribution in [2.24, 2.45) is 4.99 Å². The van der Waals surface area contributed by atoms with E-state index >= 15 is 0 Å². The third kappa shape index (κ3) is 4.46. The van der Waals surface area contributed by atoms with Crippen LogP contribution in [0, 0.1) is 0 Å². The lowest BCUT2D eigenvalue weighted by Crippen LogP contribution is -2.44. The summed E-state index contributed by atoms with van der Waals surface area (Å²) in [6, 6.07) is 8.03. The van der Waals surface area contributed by atoms with Gasteiger partial charge in [0.2, 0.25) is 10.0 Å². The fourth-order valence-corrected chi connectivity index (χ4v) is 4.97. The quantitative estimate of drug-likeness (QED) is 0.576. The Morgan fingerprint density at radius 2 is 2.16 bits per heavy atom. The second-order valence-corrected chi connectivity index (χ2v) is 9.24. The molecule has 1 saturated heterocycles. The highest BCUT2D eigenvalue weighted by molar-refractivity contribution is 7.89. The second kappa shape index (κ2) is 7.51. The molecule has 25 heavy (non-hydrogen) atoms. The zero-order valence-electron chi connectivity index (χ0n) is 14.5. The van der Waals surface area contributed by atoms with Crippen LogP contribution in [-0.2, 0) is 15.4 Å². The van der Waals surface area contributed by atoms with Crippen LogP contribution in [-0.4, -0.2) is 57.7 Å². The summed E-state index contributed by atoms with van der Waals surface area (Å²) >= 11 is 6.11. The fraction of sp³-hybridized carbons (Fsp3) is 0.588. The molecule has 2 N–H and O–H groups in total. The number of rotatable bonds is 6. The normalized spacial score (nSPS) is 21.9. The van der Waals surface area contributed by atoms with Crippen molar-refractivity contribution >= 4 is 27.6 Å². The number of benzene rings is 1. The lowest BCUT2D eigenvalue weighted by Gasteiger charge is -2.20. The second-order valence-electron chi connectivity index (χ2n) is 6.71. The van der Waals surface area contributed by atoms with E-state index in [0.29, 0.717) is 25.6 Å². The predicted molar refractivity (Wildman–Crippen MR) is 102 cm³/mol. The molecule has 0 amide bonds. The average molecular weight is 385 g/mol. The van der Waals surface area contributed by atoms with Crippen LogP contribution in [0.2, 0.25) is 5.02 Å². The van der Waals surface area contributed by atoms with Gasteiger partial charge in [0.1, 0.15) is 0 Å². The number of sulfonamides is 1. The van der Waals surface area contributed by atoms with Gasteiger partial charge in [-0.15, -0.1) is 0 Å². The van der Waals surface area contributed by atoms with Gasteiger partial charge in [-0.2, -0.15) is 0 Å². The first-order valence-electron chi connectivity index (χ1n) is 8.64. The topological polar surface area (TPSA) is 73.8 Å². The molecule has 8 heteroatoms. The van der Waals surface area contributed by atoms with E-state index in [4.69, 9.17) is 11.6 Å². The maximum atomic E-state index is 11.8. The molecular formula is C17H25ClN4O2S. The molecule has 0 unspecified atom stereocenters. The van der Waals surface area contributed by atoms with Crippen molar-refractivity contribution in [1.29, 1.82) is 0 Å². The minimum absolute atomic E-state index is 0.126.